The summed E-state index contributed by atoms with van der Waals surface area (Å²) in [6.07, 6.45) is 4.19. The lowest BCUT2D eigenvalue weighted by Crippen LogP contribution is -2.19. The smallest absolute Gasteiger partial charge is 0.253 e. The van der Waals surface area contributed by atoms with Crippen molar-refractivity contribution < 1.29 is 0 Å². The van der Waals surface area contributed by atoms with Gasteiger partial charge in [0, 0.05) is 24.7 Å². The number of hydrogen-bond acceptors (Lipinski definition) is 2. The quantitative estimate of drug-likeness (QED) is 0.607. The molecule has 0 N–H and O–H groups in total. The van der Waals surface area contributed by atoms with Crippen LogP contribution in [0.4, 0.5) is 0 Å². The Balaban J connectivity index is 2.25. The van der Waals surface area contributed by atoms with E-state index >= 15 is 0 Å². The van der Waals surface area contributed by atoms with Crippen LogP contribution in [0, 0.1) is 0 Å². The largest absolute Gasteiger partial charge is 0.349 e. The van der Waals surface area contributed by atoms with E-state index in [9.17, 15) is 4.79 Å². The third kappa shape index (κ3) is 1.52. The molecule has 2 aromatic rings. The van der Waals surface area contributed by atoms with E-state index in [-0.39, 0.29) is 5.69 Å². The van der Waals surface area contributed by atoms with E-state index in [4.69, 9.17) is 11.6 Å². The van der Waals surface area contributed by atoms with Crippen molar-refractivity contribution in [2.75, 3.05) is 0 Å². The van der Waals surface area contributed by atoms with E-state index in [1.165, 1.54) is 4.68 Å². The molecule has 1 aromatic carbocycles. The molecule has 0 unspecified atom stereocenters. The summed E-state index contributed by atoms with van der Waals surface area (Å²) in [6, 6.07) is 5.75. The first kappa shape index (κ1) is 10.4. The molecule has 0 saturated carbocycles. The number of benzene rings is 1. The number of halogens is 1. The van der Waals surface area contributed by atoms with Crippen molar-refractivity contribution in [3.05, 3.63) is 50.7 Å². The number of rotatable bonds is 0. The fourth-order valence-corrected chi connectivity index (χ4v) is 2.30. The molecule has 5 heteroatoms. The van der Waals surface area contributed by atoms with Gasteiger partial charge in [-0.05, 0) is 23.3 Å². The van der Waals surface area contributed by atoms with Gasteiger partial charge < -0.3 is 0 Å². The van der Waals surface area contributed by atoms with Crippen LogP contribution in [0.5, 0.6) is 0 Å². The van der Waals surface area contributed by atoms with Gasteiger partial charge in [0.15, 0.2) is 0 Å². The Morgan fingerprint density at radius 1 is 1.41 bits per heavy atom. The van der Waals surface area contributed by atoms with Crippen LogP contribution in [0.2, 0.25) is 5.02 Å². The Bertz CT molecular complexity index is 682. The molecule has 0 bridgehead atoms. The van der Waals surface area contributed by atoms with Crippen LogP contribution in [-0.4, -0.2) is 14.3 Å². The Kier molecular flexibility index (Phi) is 2.19. The highest BCUT2D eigenvalue weighted by Crippen LogP contribution is 2.25. The normalized spacial score (nSPS) is 13.1. The summed E-state index contributed by atoms with van der Waals surface area (Å²) in [6.45, 7) is 0. The number of hydrogen-bond donors (Lipinski definition) is 0. The van der Waals surface area contributed by atoms with Gasteiger partial charge in [-0.3, -0.25) is 4.57 Å². The molecule has 2 heterocycles. The van der Waals surface area contributed by atoms with Crippen molar-refractivity contribution in [3.63, 3.8) is 0 Å². The molecule has 1 aliphatic heterocycles. The number of aryl methyl sites for hydroxylation is 1. The molecule has 0 radical (unpaired) electrons. The summed E-state index contributed by atoms with van der Waals surface area (Å²) < 4.78 is 2.89. The first-order valence-corrected chi connectivity index (χ1v) is 5.64. The lowest BCUT2D eigenvalue weighted by Gasteiger charge is -2.03. The summed E-state index contributed by atoms with van der Waals surface area (Å²) in [5.74, 6) is 0.731. The maximum atomic E-state index is 11.8. The minimum absolute atomic E-state index is 0.139. The molecule has 0 saturated heterocycles. The Labute approximate surface area is 103 Å². The van der Waals surface area contributed by atoms with Gasteiger partial charge in [-0.2, -0.15) is 5.10 Å². The monoisotopic (exact) mass is 247 g/mol. The summed E-state index contributed by atoms with van der Waals surface area (Å²) in [5.41, 5.74) is 1.90. The zero-order valence-electron chi connectivity index (χ0n) is 9.22. The summed E-state index contributed by atoms with van der Waals surface area (Å²) in [7, 11) is 1.65. The molecule has 86 valence electrons. The van der Waals surface area contributed by atoms with Gasteiger partial charge in [0.05, 0.1) is 0 Å². The van der Waals surface area contributed by atoms with Crippen molar-refractivity contribution >= 4 is 23.9 Å². The molecule has 1 aliphatic rings. The SMILES string of the molecule is Cn1nc2n(c1=O)C=Cc1c(Cl)cccc1C2. The van der Waals surface area contributed by atoms with Crippen LogP contribution < -0.4 is 5.69 Å². The van der Waals surface area contributed by atoms with Gasteiger partial charge in [-0.15, -0.1) is 0 Å². The lowest BCUT2D eigenvalue weighted by molar-refractivity contribution is 0.721. The van der Waals surface area contributed by atoms with Gasteiger partial charge in [0.25, 0.3) is 0 Å². The van der Waals surface area contributed by atoms with Crippen molar-refractivity contribution in [1.82, 2.24) is 14.3 Å². The molecule has 0 spiro atoms. The minimum atomic E-state index is -0.139. The highest BCUT2D eigenvalue weighted by Gasteiger charge is 2.15. The summed E-state index contributed by atoms with van der Waals surface area (Å²) in [5, 5.41) is 4.91. The highest BCUT2D eigenvalue weighted by molar-refractivity contribution is 6.32. The highest BCUT2D eigenvalue weighted by atomic mass is 35.5. The van der Waals surface area contributed by atoms with Crippen molar-refractivity contribution in [1.29, 1.82) is 0 Å². The van der Waals surface area contributed by atoms with Crippen LogP contribution in [0.3, 0.4) is 0 Å². The number of nitrogens with zero attached hydrogens (tertiary/aromatic N) is 3. The Hall–Kier alpha value is -1.81. The predicted molar refractivity (Wildman–Crippen MR) is 67.0 cm³/mol. The average Bonchev–Trinajstić information content (AvgIpc) is 2.50. The van der Waals surface area contributed by atoms with Gasteiger partial charge in [-0.1, -0.05) is 23.7 Å². The van der Waals surface area contributed by atoms with Crippen molar-refractivity contribution in [2.24, 2.45) is 7.05 Å². The summed E-state index contributed by atoms with van der Waals surface area (Å²) in [4.78, 5) is 11.8. The Morgan fingerprint density at radius 3 is 3.06 bits per heavy atom. The van der Waals surface area contributed by atoms with E-state index in [0.717, 1.165) is 17.0 Å². The maximum absolute atomic E-state index is 11.8. The van der Waals surface area contributed by atoms with Gasteiger partial charge in [0.2, 0.25) is 0 Å². The molecule has 0 aliphatic carbocycles. The number of aromatic nitrogens is 3. The molecular formula is C12H10ClN3O. The van der Waals surface area contributed by atoms with Crippen molar-refractivity contribution in [3.8, 4) is 0 Å². The third-order valence-electron chi connectivity index (χ3n) is 2.91. The van der Waals surface area contributed by atoms with E-state index in [0.29, 0.717) is 11.4 Å². The third-order valence-corrected chi connectivity index (χ3v) is 3.24. The standard InChI is InChI=1S/C12H10ClN3O/c1-15-12(17)16-6-5-9-8(7-11(16)14-15)3-2-4-10(9)13/h2-6H,7H2,1H3. The predicted octanol–water partition coefficient (Wildman–Crippen LogP) is 1.77. The lowest BCUT2D eigenvalue weighted by atomic mass is 10.1. The van der Waals surface area contributed by atoms with Gasteiger partial charge in [0.1, 0.15) is 5.82 Å². The van der Waals surface area contributed by atoms with Crippen LogP contribution in [-0.2, 0) is 13.5 Å². The second-order valence-corrected chi connectivity index (χ2v) is 4.40. The zero-order chi connectivity index (χ0) is 12.0. The molecule has 17 heavy (non-hydrogen) atoms. The second-order valence-electron chi connectivity index (χ2n) is 4.00. The zero-order valence-corrected chi connectivity index (χ0v) is 9.98. The summed E-state index contributed by atoms with van der Waals surface area (Å²) >= 11 is 6.13. The van der Waals surface area contributed by atoms with Crippen LogP contribution in [0.15, 0.2) is 23.0 Å². The van der Waals surface area contributed by atoms with E-state index in [2.05, 4.69) is 5.10 Å². The first-order chi connectivity index (χ1) is 8.16. The van der Waals surface area contributed by atoms with E-state index in [1.54, 1.807) is 17.8 Å². The van der Waals surface area contributed by atoms with Crippen LogP contribution in [0.1, 0.15) is 17.0 Å². The van der Waals surface area contributed by atoms with Gasteiger partial charge >= 0.3 is 5.69 Å². The molecule has 3 rings (SSSR count). The maximum Gasteiger partial charge on any atom is 0.349 e. The molecule has 1 aromatic heterocycles. The fourth-order valence-electron chi connectivity index (χ4n) is 2.04. The average molecular weight is 248 g/mol. The molecular weight excluding hydrogens is 238 g/mol. The number of fused-ring (bicyclic) bond motifs is 2. The molecule has 0 amide bonds. The van der Waals surface area contributed by atoms with E-state index < -0.39 is 0 Å². The molecule has 0 fully saturated rings. The van der Waals surface area contributed by atoms with Crippen molar-refractivity contribution in [2.45, 2.75) is 6.42 Å². The van der Waals surface area contributed by atoms with Gasteiger partial charge in [-0.25, -0.2) is 9.48 Å². The topological polar surface area (TPSA) is 39.8 Å². The first-order valence-electron chi connectivity index (χ1n) is 5.27. The molecule has 0 atom stereocenters. The fraction of sp³-hybridized carbons (Fsp3) is 0.167. The van der Waals surface area contributed by atoms with Crippen LogP contribution in [0.25, 0.3) is 12.3 Å². The molecule has 4 nitrogen and oxygen atoms in total. The van der Waals surface area contributed by atoms with E-state index in [1.807, 2.05) is 24.3 Å². The Morgan fingerprint density at radius 2 is 2.24 bits per heavy atom. The van der Waals surface area contributed by atoms with Crippen LogP contribution >= 0.6 is 11.6 Å². The second kappa shape index (κ2) is 3.60. The minimum Gasteiger partial charge on any atom is -0.253 e.